The second kappa shape index (κ2) is 8.73. The van der Waals surface area contributed by atoms with Crippen LogP contribution in [0.3, 0.4) is 0 Å². The Morgan fingerprint density at radius 2 is 1.84 bits per heavy atom. The lowest BCUT2D eigenvalue weighted by Crippen LogP contribution is -2.57. The van der Waals surface area contributed by atoms with Gasteiger partial charge >= 0.3 is 5.97 Å². The molecule has 1 aliphatic rings. The van der Waals surface area contributed by atoms with Gasteiger partial charge in [-0.3, -0.25) is 4.79 Å². The van der Waals surface area contributed by atoms with Crippen molar-refractivity contribution in [3.05, 3.63) is 46.1 Å². The number of fused-ring (bicyclic) bond motifs is 1. The minimum Gasteiger partial charge on any atom is -0.504 e. The minimum atomic E-state index is -2.35. The summed E-state index contributed by atoms with van der Waals surface area (Å²) in [5.41, 5.74) is -2.99. The molecule has 8 N–H and O–H groups in total. The number of carbonyl (C=O) groups is 1. The highest BCUT2D eigenvalue weighted by Crippen LogP contribution is 2.39. The number of carboxylic acid groups (broad SMARTS) is 1. The van der Waals surface area contributed by atoms with Crippen LogP contribution in [0.2, 0.25) is 0 Å². The molecule has 2 aromatic carbocycles. The molecule has 0 aliphatic heterocycles. The van der Waals surface area contributed by atoms with Crippen LogP contribution in [0.1, 0.15) is 18.4 Å². The minimum absolute atomic E-state index is 0.150. The molecule has 11 heteroatoms. The van der Waals surface area contributed by atoms with Gasteiger partial charge in [0, 0.05) is 12.8 Å². The third-order valence-corrected chi connectivity index (χ3v) is 5.35. The van der Waals surface area contributed by atoms with Crippen LogP contribution < -0.4 is 5.43 Å². The van der Waals surface area contributed by atoms with Crippen LogP contribution in [0, 0.1) is 0 Å². The predicted octanol–water partition coefficient (Wildman–Crippen LogP) is -0.635. The van der Waals surface area contributed by atoms with Crippen LogP contribution in [0.4, 0.5) is 0 Å². The summed E-state index contributed by atoms with van der Waals surface area (Å²) in [4.78, 5) is 23.1. The Morgan fingerprint density at radius 1 is 1.16 bits per heavy atom. The maximum atomic E-state index is 11.8. The molecule has 5 atom stereocenters. The molecule has 0 spiro atoms. The van der Waals surface area contributed by atoms with Crippen molar-refractivity contribution in [3.8, 4) is 17.2 Å². The van der Waals surface area contributed by atoms with E-state index in [0.717, 1.165) is 18.2 Å². The zero-order valence-corrected chi connectivity index (χ0v) is 16.5. The quantitative estimate of drug-likeness (QED) is 0.212. The van der Waals surface area contributed by atoms with E-state index in [0.29, 0.717) is 0 Å². The highest BCUT2D eigenvalue weighted by molar-refractivity contribution is 5.99. The lowest BCUT2D eigenvalue weighted by atomic mass is 9.79. The number of aliphatic hydroxyl groups is 4. The van der Waals surface area contributed by atoms with Gasteiger partial charge in [-0.15, -0.1) is 0 Å². The Bertz CT molecular complexity index is 1130. The van der Waals surface area contributed by atoms with Gasteiger partial charge in [0.15, 0.2) is 29.1 Å². The standard InChI is InChI=1S/C21H22O11/c22-11-3-1-2-10-9(6-12(23)19(28)16(10)18(11)27)4-5-15(25)32-14-8-21(31,20(29)30)7-13(24)17(14)26/h1-6,13-15,17,23-26,28,31H,7-8H2,(H,22,27)(H,29,30)/b5-4+. The Morgan fingerprint density at radius 3 is 2.50 bits per heavy atom. The molecule has 32 heavy (non-hydrogen) atoms. The molecular weight excluding hydrogens is 428 g/mol. The highest BCUT2D eigenvalue weighted by Gasteiger charge is 2.49. The van der Waals surface area contributed by atoms with Crippen LogP contribution >= 0.6 is 0 Å². The number of carboxylic acids is 1. The van der Waals surface area contributed by atoms with Gasteiger partial charge in [-0.05, 0) is 29.2 Å². The molecule has 0 bridgehead atoms. The van der Waals surface area contributed by atoms with E-state index in [9.17, 15) is 45.3 Å². The van der Waals surface area contributed by atoms with Crippen molar-refractivity contribution in [2.75, 3.05) is 0 Å². The number of benzene rings is 1. The van der Waals surface area contributed by atoms with E-state index in [1.54, 1.807) is 0 Å². The van der Waals surface area contributed by atoms with Gasteiger partial charge in [-0.2, -0.15) is 0 Å². The van der Waals surface area contributed by atoms with E-state index in [1.165, 1.54) is 18.2 Å². The van der Waals surface area contributed by atoms with Crippen molar-refractivity contribution < 1.29 is 50.4 Å². The number of hydrogen-bond donors (Lipinski definition) is 8. The van der Waals surface area contributed by atoms with Gasteiger partial charge in [-0.1, -0.05) is 18.2 Å². The fraction of sp³-hybridized carbons (Fsp3) is 0.333. The third-order valence-electron chi connectivity index (χ3n) is 5.35. The Kier molecular flexibility index (Phi) is 6.39. The van der Waals surface area contributed by atoms with E-state index in [-0.39, 0.29) is 16.3 Å². The molecule has 0 heterocycles. The Balaban J connectivity index is 1.91. The van der Waals surface area contributed by atoms with E-state index in [2.05, 4.69) is 0 Å². The lowest BCUT2D eigenvalue weighted by molar-refractivity contribution is -0.216. The van der Waals surface area contributed by atoms with E-state index >= 15 is 0 Å². The summed E-state index contributed by atoms with van der Waals surface area (Å²) in [7, 11) is 0. The first-order chi connectivity index (χ1) is 14.9. The average Bonchev–Trinajstić information content (AvgIpc) is 2.86. The number of phenolic OH excluding ortho intramolecular Hbond substituents is 2. The predicted molar refractivity (Wildman–Crippen MR) is 109 cm³/mol. The topological polar surface area (TPSA) is 205 Å². The molecule has 1 fully saturated rings. The number of aromatic hydroxyl groups is 3. The zero-order valence-electron chi connectivity index (χ0n) is 16.5. The second-order valence-electron chi connectivity index (χ2n) is 7.59. The first-order valence-corrected chi connectivity index (χ1v) is 9.49. The smallest absolute Gasteiger partial charge is 0.335 e. The third kappa shape index (κ3) is 4.38. The van der Waals surface area contributed by atoms with E-state index in [1.807, 2.05) is 0 Å². The van der Waals surface area contributed by atoms with Crippen LogP contribution in [-0.2, 0) is 9.53 Å². The van der Waals surface area contributed by atoms with Gasteiger partial charge < -0.3 is 45.6 Å². The fourth-order valence-electron chi connectivity index (χ4n) is 3.65. The summed E-state index contributed by atoms with van der Waals surface area (Å²) in [5.74, 6) is -3.77. The van der Waals surface area contributed by atoms with Gasteiger partial charge in [0.05, 0.1) is 17.6 Å². The fourth-order valence-corrected chi connectivity index (χ4v) is 3.65. The summed E-state index contributed by atoms with van der Waals surface area (Å²) in [6, 6.07) is 4.86. The van der Waals surface area contributed by atoms with Gasteiger partial charge in [0.1, 0.15) is 6.10 Å². The van der Waals surface area contributed by atoms with Crippen molar-refractivity contribution in [2.45, 2.75) is 43.0 Å². The first-order valence-electron chi connectivity index (χ1n) is 9.49. The summed E-state index contributed by atoms with van der Waals surface area (Å²) in [6.07, 6.45) is -5.28. The molecular formula is C21H22O11. The van der Waals surface area contributed by atoms with Crippen LogP contribution in [-0.4, -0.2) is 77.0 Å². The Hall–Kier alpha value is -3.22. The number of ether oxygens (including phenoxy) is 1. The highest BCUT2D eigenvalue weighted by atomic mass is 16.6. The molecule has 0 aromatic heterocycles. The maximum absolute atomic E-state index is 11.8. The molecule has 2 aromatic rings. The van der Waals surface area contributed by atoms with Gasteiger partial charge in [0.25, 0.3) is 0 Å². The zero-order chi connectivity index (χ0) is 23.8. The number of rotatable bonds is 5. The van der Waals surface area contributed by atoms with Crippen molar-refractivity contribution in [1.29, 1.82) is 0 Å². The monoisotopic (exact) mass is 450 g/mol. The van der Waals surface area contributed by atoms with Gasteiger partial charge in [-0.25, -0.2) is 4.79 Å². The van der Waals surface area contributed by atoms with Crippen LogP contribution in [0.25, 0.3) is 16.8 Å². The molecule has 5 unspecified atom stereocenters. The average molecular weight is 450 g/mol. The molecule has 1 saturated carbocycles. The summed E-state index contributed by atoms with van der Waals surface area (Å²) in [6.45, 7) is 0. The molecule has 0 amide bonds. The van der Waals surface area contributed by atoms with Crippen LogP contribution in [0.5, 0.6) is 17.2 Å². The summed E-state index contributed by atoms with van der Waals surface area (Å²) < 4.78 is 5.19. The summed E-state index contributed by atoms with van der Waals surface area (Å²) in [5, 5.41) is 79.3. The number of aliphatic hydroxyl groups excluding tert-OH is 3. The van der Waals surface area contributed by atoms with Crippen LogP contribution in [0.15, 0.2) is 35.1 Å². The molecule has 3 rings (SSSR count). The van der Waals surface area contributed by atoms with Gasteiger partial charge in [0.2, 0.25) is 5.43 Å². The SMILES string of the molecule is O=C(O)C1(O)CC(O)C(O)C(OC(O)/C=C/c2cc(O)c(O)c3c(O)c(=O)cccc23)C1. The molecule has 0 saturated heterocycles. The van der Waals surface area contributed by atoms with Crippen molar-refractivity contribution in [1.82, 2.24) is 0 Å². The second-order valence-corrected chi connectivity index (χ2v) is 7.59. The molecule has 1 aliphatic carbocycles. The number of hydrogen-bond acceptors (Lipinski definition) is 10. The molecule has 11 nitrogen and oxygen atoms in total. The first kappa shape index (κ1) is 23.4. The van der Waals surface area contributed by atoms with E-state index in [4.69, 9.17) is 9.84 Å². The molecule has 0 radical (unpaired) electrons. The Labute approximate surface area is 180 Å². The molecule has 172 valence electrons. The van der Waals surface area contributed by atoms with E-state index < -0.39 is 71.7 Å². The number of aliphatic carboxylic acids is 1. The summed E-state index contributed by atoms with van der Waals surface area (Å²) >= 11 is 0. The lowest BCUT2D eigenvalue weighted by Gasteiger charge is -2.40. The maximum Gasteiger partial charge on any atom is 0.335 e. The van der Waals surface area contributed by atoms with Crippen molar-refractivity contribution in [3.63, 3.8) is 0 Å². The normalized spacial score (nSPS) is 26.9. The van der Waals surface area contributed by atoms with Crippen molar-refractivity contribution in [2.24, 2.45) is 0 Å². The number of phenols is 2. The largest absolute Gasteiger partial charge is 0.504 e. The van der Waals surface area contributed by atoms with Crippen molar-refractivity contribution >= 4 is 22.8 Å².